The predicted molar refractivity (Wildman–Crippen MR) is 118 cm³/mol. The summed E-state index contributed by atoms with van der Waals surface area (Å²) in [6, 6.07) is 20.9. The Hall–Kier alpha value is -4.00. The number of hydrazine groups is 1. The Labute approximate surface area is 185 Å². The van der Waals surface area contributed by atoms with E-state index in [4.69, 9.17) is 4.74 Å². The van der Waals surface area contributed by atoms with Crippen LogP contribution >= 0.6 is 0 Å². The summed E-state index contributed by atoms with van der Waals surface area (Å²) in [5, 5.41) is 2.80. The minimum atomic E-state index is -0.839. The molecule has 0 aromatic heterocycles. The Balaban J connectivity index is 1.64. The summed E-state index contributed by atoms with van der Waals surface area (Å²) in [6.45, 7) is 2.50. The lowest BCUT2D eigenvalue weighted by molar-refractivity contribution is -0.596. The number of ether oxygens (including phenoxy) is 1. The quantitative estimate of drug-likeness (QED) is 0.588. The van der Waals surface area contributed by atoms with E-state index < -0.39 is 23.8 Å². The van der Waals surface area contributed by atoms with Gasteiger partial charge in [0.25, 0.3) is 5.91 Å². The highest BCUT2D eigenvalue weighted by Gasteiger charge is 2.47. The zero-order chi connectivity index (χ0) is 22.5. The third-order valence-electron chi connectivity index (χ3n) is 5.15. The Morgan fingerprint density at radius 3 is 2.41 bits per heavy atom. The van der Waals surface area contributed by atoms with Crippen molar-refractivity contribution in [3.05, 3.63) is 101 Å². The molecule has 1 aliphatic heterocycles. The molecule has 162 valence electrons. The molecular weight excluding hydrogens is 409 g/mol. The SMILES string of the molecule is CCOc1ccc(/C=[N+]2\NC(=O)[C@@H](NC(=O)c3ccc(F)cc3)[C@H]2c2ccccc2)cc1. The number of hydrazone groups is 1. The first-order valence-electron chi connectivity index (χ1n) is 10.3. The molecule has 7 heteroatoms. The van der Waals surface area contributed by atoms with Crippen LogP contribution in [-0.2, 0) is 4.79 Å². The topological polar surface area (TPSA) is 70.4 Å². The molecule has 0 saturated carbocycles. The van der Waals surface area contributed by atoms with E-state index >= 15 is 0 Å². The average Bonchev–Trinajstić information content (AvgIpc) is 3.10. The van der Waals surface area contributed by atoms with Crippen molar-refractivity contribution in [3.8, 4) is 5.75 Å². The van der Waals surface area contributed by atoms with E-state index in [2.05, 4.69) is 10.7 Å². The fourth-order valence-corrected chi connectivity index (χ4v) is 3.63. The average molecular weight is 432 g/mol. The molecular formula is C25H23FN3O3+. The Morgan fingerprint density at radius 2 is 1.75 bits per heavy atom. The number of halogens is 1. The fraction of sp³-hybridized carbons (Fsp3) is 0.160. The maximum Gasteiger partial charge on any atom is 0.304 e. The minimum Gasteiger partial charge on any atom is -0.494 e. The van der Waals surface area contributed by atoms with E-state index in [1.807, 2.05) is 67.7 Å². The van der Waals surface area contributed by atoms with Crippen molar-refractivity contribution < 1.29 is 23.4 Å². The van der Waals surface area contributed by atoms with E-state index in [0.717, 1.165) is 16.9 Å². The number of carbonyl (C=O) groups excluding carboxylic acids is 2. The molecule has 1 aliphatic rings. The Bertz CT molecular complexity index is 1130. The summed E-state index contributed by atoms with van der Waals surface area (Å²) in [5.41, 5.74) is 4.84. The maximum atomic E-state index is 13.2. The second-order valence-electron chi connectivity index (χ2n) is 7.33. The van der Waals surface area contributed by atoms with Crippen molar-refractivity contribution in [1.82, 2.24) is 10.7 Å². The normalized spacial score (nSPS) is 18.9. The minimum absolute atomic E-state index is 0.278. The molecule has 2 N–H and O–H groups in total. The number of amides is 2. The van der Waals surface area contributed by atoms with Gasteiger partial charge in [-0.2, -0.15) is 0 Å². The lowest BCUT2D eigenvalue weighted by atomic mass is 10.00. The van der Waals surface area contributed by atoms with Gasteiger partial charge in [-0.15, -0.1) is 10.1 Å². The van der Waals surface area contributed by atoms with Crippen LogP contribution in [0, 0.1) is 5.82 Å². The van der Waals surface area contributed by atoms with Gasteiger partial charge in [0, 0.05) is 16.7 Å². The number of nitrogens with one attached hydrogen (secondary N) is 2. The number of hydrogen-bond donors (Lipinski definition) is 2. The van der Waals surface area contributed by atoms with Gasteiger partial charge in [0.2, 0.25) is 12.3 Å². The Kier molecular flexibility index (Phi) is 6.26. The van der Waals surface area contributed by atoms with Gasteiger partial charge in [-0.3, -0.25) is 9.59 Å². The van der Waals surface area contributed by atoms with Crippen LogP contribution in [0.2, 0.25) is 0 Å². The number of carbonyl (C=O) groups is 2. The fourth-order valence-electron chi connectivity index (χ4n) is 3.63. The van der Waals surface area contributed by atoms with E-state index in [0.29, 0.717) is 6.61 Å². The number of nitrogens with zero attached hydrogens (tertiary/aromatic N) is 1. The number of benzene rings is 3. The van der Waals surface area contributed by atoms with Gasteiger partial charge in [0.15, 0.2) is 6.04 Å². The van der Waals surface area contributed by atoms with Gasteiger partial charge in [-0.05, 0) is 55.5 Å². The van der Waals surface area contributed by atoms with Crippen LogP contribution in [0.4, 0.5) is 4.39 Å². The molecule has 1 saturated heterocycles. The van der Waals surface area contributed by atoms with E-state index in [-0.39, 0.29) is 11.5 Å². The van der Waals surface area contributed by atoms with Crippen LogP contribution < -0.4 is 15.5 Å². The van der Waals surface area contributed by atoms with Crippen molar-refractivity contribution in [2.45, 2.75) is 19.0 Å². The molecule has 2 atom stereocenters. The molecule has 1 heterocycles. The number of hydrogen-bond acceptors (Lipinski definition) is 3. The summed E-state index contributed by atoms with van der Waals surface area (Å²) in [6.07, 6.45) is 1.81. The smallest absolute Gasteiger partial charge is 0.304 e. The third-order valence-corrected chi connectivity index (χ3v) is 5.15. The van der Waals surface area contributed by atoms with Crippen LogP contribution in [0.1, 0.15) is 34.5 Å². The van der Waals surface area contributed by atoms with Crippen LogP contribution in [0.25, 0.3) is 0 Å². The monoisotopic (exact) mass is 432 g/mol. The summed E-state index contributed by atoms with van der Waals surface area (Å²) >= 11 is 0. The van der Waals surface area contributed by atoms with Crippen LogP contribution in [0.3, 0.4) is 0 Å². The second kappa shape index (κ2) is 9.43. The molecule has 0 spiro atoms. The molecule has 0 aliphatic carbocycles. The van der Waals surface area contributed by atoms with Crippen LogP contribution in [0.5, 0.6) is 5.75 Å². The van der Waals surface area contributed by atoms with Crippen molar-refractivity contribution >= 4 is 18.0 Å². The third kappa shape index (κ3) is 4.67. The first kappa shape index (κ1) is 21.2. The molecule has 2 amide bonds. The highest BCUT2D eigenvalue weighted by molar-refractivity contribution is 5.98. The molecule has 6 nitrogen and oxygen atoms in total. The molecule has 0 bridgehead atoms. The van der Waals surface area contributed by atoms with Gasteiger partial charge < -0.3 is 10.1 Å². The summed E-state index contributed by atoms with van der Waals surface area (Å²) < 4.78 is 20.4. The largest absolute Gasteiger partial charge is 0.494 e. The van der Waals surface area contributed by atoms with Crippen LogP contribution in [0.15, 0.2) is 78.9 Å². The van der Waals surface area contributed by atoms with Gasteiger partial charge in [-0.1, -0.05) is 30.3 Å². The maximum absolute atomic E-state index is 13.2. The van der Waals surface area contributed by atoms with Crippen LogP contribution in [-0.4, -0.2) is 35.4 Å². The summed E-state index contributed by atoms with van der Waals surface area (Å²) in [7, 11) is 0. The van der Waals surface area contributed by atoms with E-state index in [9.17, 15) is 14.0 Å². The lowest BCUT2D eigenvalue weighted by Crippen LogP contribution is -2.42. The van der Waals surface area contributed by atoms with E-state index in [1.165, 1.54) is 24.3 Å². The van der Waals surface area contributed by atoms with Gasteiger partial charge in [0.1, 0.15) is 11.6 Å². The van der Waals surface area contributed by atoms with Gasteiger partial charge >= 0.3 is 5.91 Å². The summed E-state index contributed by atoms with van der Waals surface area (Å²) in [5.74, 6) is -0.455. The molecule has 3 aromatic carbocycles. The molecule has 3 aromatic rings. The highest BCUT2D eigenvalue weighted by atomic mass is 19.1. The number of rotatable bonds is 6. The molecule has 0 radical (unpaired) electrons. The second-order valence-corrected chi connectivity index (χ2v) is 7.33. The summed E-state index contributed by atoms with van der Waals surface area (Å²) in [4.78, 5) is 25.6. The molecule has 1 fully saturated rings. The van der Waals surface area contributed by atoms with Crippen molar-refractivity contribution in [2.24, 2.45) is 0 Å². The first-order valence-corrected chi connectivity index (χ1v) is 10.3. The van der Waals surface area contributed by atoms with E-state index in [1.54, 1.807) is 4.68 Å². The van der Waals surface area contributed by atoms with Crippen molar-refractivity contribution in [1.29, 1.82) is 0 Å². The Morgan fingerprint density at radius 1 is 1.06 bits per heavy atom. The molecule has 0 unspecified atom stereocenters. The zero-order valence-corrected chi connectivity index (χ0v) is 17.5. The van der Waals surface area contributed by atoms with Crippen molar-refractivity contribution in [2.75, 3.05) is 6.61 Å². The lowest BCUT2D eigenvalue weighted by Gasteiger charge is -2.14. The van der Waals surface area contributed by atoms with Gasteiger partial charge in [0.05, 0.1) is 6.61 Å². The highest BCUT2D eigenvalue weighted by Crippen LogP contribution is 2.25. The molecule has 4 rings (SSSR count). The molecule has 32 heavy (non-hydrogen) atoms. The first-order chi connectivity index (χ1) is 15.5. The predicted octanol–water partition coefficient (Wildman–Crippen LogP) is 3.24. The zero-order valence-electron chi connectivity index (χ0n) is 17.5. The van der Waals surface area contributed by atoms with Crippen molar-refractivity contribution in [3.63, 3.8) is 0 Å². The standard InChI is InChI=1S/C25H22FN3O3/c1-2-32-21-14-8-17(9-15-21)16-29-23(18-6-4-3-5-7-18)22(25(31)28-29)27-24(30)19-10-12-20(26)13-11-19/h3-16,22-23H,2H2,1H3,(H-,27,28,30,31)/p+1/b29-16-/t22-,23+/m0/s1. The van der Waals surface area contributed by atoms with Gasteiger partial charge in [-0.25, -0.2) is 4.39 Å².